The van der Waals surface area contributed by atoms with Crippen molar-refractivity contribution in [2.75, 3.05) is 57.3 Å². The number of pyridine rings is 1. The number of hydrogen-bond acceptors (Lipinski definition) is 4. The number of aliphatic imine (C=N–C) groups is 1. The number of nitrogens with one attached hydrogen (secondary N) is 1. The molecule has 2 atom stereocenters. The molecule has 8 heteroatoms. The smallest absolute Gasteiger partial charge is 0.224 e. The fraction of sp³-hybridized carbons (Fsp3) is 0.682. The van der Waals surface area contributed by atoms with Crippen LogP contribution in [-0.2, 0) is 4.79 Å². The number of anilines is 1. The van der Waals surface area contributed by atoms with E-state index in [2.05, 4.69) is 40.9 Å². The first-order valence-corrected chi connectivity index (χ1v) is 11.0. The summed E-state index contributed by atoms with van der Waals surface area (Å²) in [4.78, 5) is 28.4. The van der Waals surface area contributed by atoms with Crippen LogP contribution in [0.3, 0.4) is 0 Å². The number of aromatic nitrogens is 1. The molecule has 0 spiro atoms. The molecule has 2 fully saturated rings. The third kappa shape index (κ3) is 6.99. The number of piperazine rings is 1. The van der Waals surface area contributed by atoms with Crippen LogP contribution in [-0.4, -0.2) is 79.0 Å². The highest BCUT2D eigenvalue weighted by molar-refractivity contribution is 14.0. The lowest BCUT2D eigenvalue weighted by Crippen LogP contribution is -2.49. The Bertz CT molecular complexity index is 667. The van der Waals surface area contributed by atoms with Crippen molar-refractivity contribution in [2.45, 2.75) is 33.6 Å². The van der Waals surface area contributed by atoms with Crippen LogP contribution in [0, 0.1) is 11.8 Å². The van der Waals surface area contributed by atoms with E-state index in [0.717, 1.165) is 57.6 Å². The SMILES string of the molecule is CCNC(=NCCC(=O)N1CCN(c2ccccn2)CC1)N1CC(C)CC(C)C1.I. The number of guanidine groups is 1. The molecule has 2 aliphatic rings. The summed E-state index contributed by atoms with van der Waals surface area (Å²) >= 11 is 0. The molecule has 0 saturated carbocycles. The van der Waals surface area contributed by atoms with Crippen molar-refractivity contribution < 1.29 is 4.79 Å². The second kappa shape index (κ2) is 12.3. The van der Waals surface area contributed by atoms with Gasteiger partial charge in [-0.1, -0.05) is 19.9 Å². The predicted octanol–water partition coefficient (Wildman–Crippen LogP) is 2.68. The fourth-order valence-corrected chi connectivity index (χ4v) is 4.40. The summed E-state index contributed by atoms with van der Waals surface area (Å²) in [6, 6.07) is 5.96. The molecule has 1 aromatic rings. The van der Waals surface area contributed by atoms with E-state index in [1.165, 1.54) is 6.42 Å². The van der Waals surface area contributed by atoms with Gasteiger partial charge in [0.15, 0.2) is 5.96 Å². The average Bonchev–Trinajstić information content (AvgIpc) is 2.73. The van der Waals surface area contributed by atoms with Crippen molar-refractivity contribution in [1.82, 2.24) is 20.1 Å². The lowest BCUT2D eigenvalue weighted by molar-refractivity contribution is -0.131. The van der Waals surface area contributed by atoms with Crippen molar-refractivity contribution in [1.29, 1.82) is 0 Å². The van der Waals surface area contributed by atoms with Crippen molar-refractivity contribution in [2.24, 2.45) is 16.8 Å². The molecule has 168 valence electrons. The Balaban J connectivity index is 0.00000320. The number of halogens is 1. The molecule has 2 saturated heterocycles. The van der Waals surface area contributed by atoms with E-state index < -0.39 is 0 Å². The Labute approximate surface area is 198 Å². The molecule has 3 rings (SSSR count). The van der Waals surface area contributed by atoms with E-state index in [-0.39, 0.29) is 29.9 Å². The number of piperidine rings is 1. The van der Waals surface area contributed by atoms with Gasteiger partial charge < -0.3 is 20.0 Å². The van der Waals surface area contributed by atoms with Crippen LogP contribution >= 0.6 is 24.0 Å². The average molecular weight is 528 g/mol. The highest BCUT2D eigenvalue weighted by atomic mass is 127. The number of likely N-dealkylation sites (tertiary alicyclic amines) is 1. The van der Waals surface area contributed by atoms with Crippen molar-refractivity contribution >= 4 is 41.7 Å². The molecular weight excluding hydrogens is 491 g/mol. The van der Waals surface area contributed by atoms with Gasteiger partial charge in [0.1, 0.15) is 5.82 Å². The van der Waals surface area contributed by atoms with Gasteiger partial charge in [0, 0.05) is 58.4 Å². The summed E-state index contributed by atoms with van der Waals surface area (Å²) < 4.78 is 0. The summed E-state index contributed by atoms with van der Waals surface area (Å²) in [5.41, 5.74) is 0. The van der Waals surface area contributed by atoms with Crippen molar-refractivity contribution in [3.8, 4) is 0 Å². The van der Waals surface area contributed by atoms with Gasteiger partial charge in [-0.3, -0.25) is 9.79 Å². The van der Waals surface area contributed by atoms with E-state index in [9.17, 15) is 4.79 Å². The molecule has 0 bridgehead atoms. The number of rotatable bonds is 5. The fourth-order valence-electron chi connectivity index (χ4n) is 4.40. The molecule has 1 amide bonds. The largest absolute Gasteiger partial charge is 0.357 e. The van der Waals surface area contributed by atoms with Gasteiger partial charge in [-0.2, -0.15) is 0 Å². The molecule has 2 unspecified atom stereocenters. The summed E-state index contributed by atoms with van der Waals surface area (Å²) in [6.45, 7) is 13.3. The topological polar surface area (TPSA) is 64.1 Å². The van der Waals surface area contributed by atoms with Gasteiger partial charge in [0.05, 0.1) is 6.54 Å². The molecular formula is C22H37IN6O. The van der Waals surface area contributed by atoms with E-state index in [1.807, 2.05) is 29.3 Å². The van der Waals surface area contributed by atoms with E-state index in [4.69, 9.17) is 4.99 Å². The normalized spacial score (nSPS) is 22.5. The Morgan fingerprint density at radius 3 is 2.43 bits per heavy atom. The standard InChI is InChI=1S/C22H36N6O.HI/c1-4-23-22(28-16-18(2)15-19(3)17-28)25-10-8-21(29)27-13-11-26(12-14-27)20-7-5-6-9-24-20;/h5-7,9,18-19H,4,8,10-17H2,1-3H3,(H,23,25);1H. The first-order valence-electron chi connectivity index (χ1n) is 11.0. The molecule has 1 N–H and O–H groups in total. The maximum atomic E-state index is 12.6. The van der Waals surface area contributed by atoms with Crippen LogP contribution in [0.25, 0.3) is 0 Å². The summed E-state index contributed by atoms with van der Waals surface area (Å²) in [7, 11) is 0. The molecule has 30 heavy (non-hydrogen) atoms. The van der Waals surface area contributed by atoms with Gasteiger partial charge in [-0.25, -0.2) is 4.98 Å². The Morgan fingerprint density at radius 1 is 1.13 bits per heavy atom. The monoisotopic (exact) mass is 528 g/mol. The van der Waals surface area contributed by atoms with Crippen LogP contribution in [0.15, 0.2) is 29.4 Å². The second-order valence-electron chi connectivity index (χ2n) is 8.39. The Kier molecular flexibility index (Phi) is 10.1. The molecule has 0 aromatic carbocycles. The van der Waals surface area contributed by atoms with Gasteiger partial charge >= 0.3 is 0 Å². The molecule has 3 heterocycles. The number of hydrogen-bond donors (Lipinski definition) is 1. The summed E-state index contributed by atoms with van der Waals surface area (Å²) in [5, 5.41) is 3.41. The van der Waals surface area contributed by atoms with Crippen LogP contribution in [0.4, 0.5) is 5.82 Å². The third-order valence-electron chi connectivity index (χ3n) is 5.70. The number of nitrogens with zero attached hydrogens (tertiary/aromatic N) is 5. The molecule has 7 nitrogen and oxygen atoms in total. The number of carbonyl (C=O) groups is 1. The van der Waals surface area contributed by atoms with Gasteiger partial charge in [-0.15, -0.1) is 24.0 Å². The van der Waals surface area contributed by atoms with Crippen LogP contribution in [0.2, 0.25) is 0 Å². The zero-order chi connectivity index (χ0) is 20.6. The maximum absolute atomic E-state index is 12.6. The summed E-state index contributed by atoms with van der Waals surface area (Å²) in [6.07, 6.45) is 3.56. The zero-order valence-corrected chi connectivity index (χ0v) is 20.9. The lowest BCUT2D eigenvalue weighted by atomic mass is 9.92. The first kappa shape index (κ1) is 24.7. The number of amides is 1. The van der Waals surface area contributed by atoms with E-state index >= 15 is 0 Å². The Hall–Kier alpha value is -1.58. The maximum Gasteiger partial charge on any atom is 0.224 e. The van der Waals surface area contributed by atoms with E-state index in [0.29, 0.717) is 24.8 Å². The third-order valence-corrected chi connectivity index (χ3v) is 5.70. The summed E-state index contributed by atoms with van der Waals surface area (Å²) in [5.74, 6) is 3.51. The zero-order valence-electron chi connectivity index (χ0n) is 18.6. The minimum absolute atomic E-state index is 0. The Morgan fingerprint density at radius 2 is 1.83 bits per heavy atom. The molecule has 0 radical (unpaired) electrons. The highest BCUT2D eigenvalue weighted by Crippen LogP contribution is 2.21. The van der Waals surface area contributed by atoms with Crippen molar-refractivity contribution in [3.05, 3.63) is 24.4 Å². The minimum Gasteiger partial charge on any atom is -0.357 e. The van der Waals surface area contributed by atoms with Gasteiger partial charge in [0.2, 0.25) is 5.91 Å². The first-order chi connectivity index (χ1) is 14.1. The lowest BCUT2D eigenvalue weighted by Gasteiger charge is -2.37. The van der Waals surface area contributed by atoms with Crippen LogP contribution in [0.5, 0.6) is 0 Å². The quantitative estimate of drug-likeness (QED) is 0.362. The van der Waals surface area contributed by atoms with Crippen LogP contribution in [0.1, 0.15) is 33.6 Å². The predicted molar refractivity (Wildman–Crippen MR) is 134 cm³/mol. The molecule has 0 aliphatic carbocycles. The van der Waals surface area contributed by atoms with Crippen LogP contribution < -0.4 is 10.2 Å². The minimum atomic E-state index is 0. The van der Waals surface area contributed by atoms with Gasteiger partial charge in [0.25, 0.3) is 0 Å². The van der Waals surface area contributed by atoms with E-state index in [1.54, 1.807) is 0 Å². The molecule has 2 aliphatic heterocycles. The second-order valence-corrected chi connectivity index (χ2v) is 8.39. The highest BCUT2D eigenvalue weighted by Gasteiger charge is 2.24. The number of carbonyl (C=O) groups excluding carboxylic acids is 1. The van der Waals surface area contributed by atoms with Gasteiger partial charge in [-0.05, 0) is 37.3 Å². The van der Waals surface area contributed by atoms with Crippen molar-refractivity contribution in [3.63, 3.8) is 0 Å². The molecule has 1 aromatic heterocycles.